The summed E-state index contributed by atoms with van der Waals surface area (Å²) in [5.41, 5.74) is 0. The molecule has 1 atom stereocenters. The zero-order valence-corrected chi connectivity index (χ0v) is 5.10. The average Bonchev–Trinajstić information content (AvgIpc) is 1.80. The van der Waals surface area contributed by atoms with Crippen LogP contribution in [0, 0.1) is 0 Å². The molecule has 2 N–H and O–H groups in total. The summed E-state index contributed by atoms with van der Waals surface area (Å²) in [6.07, 6.45) is 0. The predicted molar refractivity (Wildman–Crippen MR) is 34.8 cm³/mol. The maximum atomic E-state index is 10.5. The van der Waals surface area contributed by atoms with E-state index in [-0.39, 0.29) is 8.90 Å². The summed E-state index contributed by atoms with van der Waals surface area (Å²) < 4.78 is 0. The van der Waals surface area contributed by atoms with Gasteiger partial charge in [0.15, 0.2) is 0 Å². The second-order valence-corrected chi connectivity index (χ2v) is 2.08. The molecule has 4 nitrogen and oxygen atoms in total. The number of amides is 2. The molecule has 9 heavy (non-hydrogen) atoms. The third kappa shape index (κ3) is 1.19. The summed E-state index contributed by atoms with van der Waals surface area (Å²) in [7, 11) is 0. The minimum Gasteiger partial charge on any atom is -0.346 e. The maximum absolute atomic E-state index is 10.5. The summed E-state index contributed by atoms with van der Waals surface area (Å²) in [4.78, 5) is 20.9. The Morgan fingerprint density at radius 2 is 2.22 bits per heavy atom. The fourth-order valence-electron chi connectivity index (χ4n) is 0.666. The second-order valence-electron chi connectivity index (χ2n) is 2.08. The molecule has 0 aromatic heterocycles. The Bertz CT molecular complexity index is 163. The Morgan fingerprint density at radius 3 is 2.67 bits per heavy atom. The first-order valence-corrected chi connectivity index (χ1v) is 2.79. The molecule has 1 rings (SSSR count). The first kappa shape index (κ1) is 6.07. The van der Waals surface area contributed by atoms with Crippen LogP contribution < -0.4 is 10.6 Å². The zero-order valence-electron chi connectivity index (χ0n) is 5.10. The highest BCUT2D eigenvalue weighted by atomic mass is 16.2. The van der Waals surface area contributed by atoms with Gasteiger partial charge in [-0.25, -0.2) is 0 Å². The molecule has 4 heteroatoms. The van der Waals surface area contributed by atoms with E-state index in [1.54, 1.807) is 0 Å². The van der Waals surface area contributed by atoms with Crippen LogP contribution in [0.2, 0.25) is 0 Å². The van der Waals surface area contributed by atoms with Crippen molar-refractivity contribution in [3.05, 3.63) is 0 Å². The Balaban J connectivity index is 0. The number of carbonyl (C=O) groups excluding carboxylic acids is 2. The minimum absolute atomic E-state index is 0. The molecule has 0 saturated carbocycles. The van der Waals surface area contributed by atoms with Gasteiger partial charge in [0.2, 0.25) is 0 Å². The van der Waals surface area contributed by atoms with Crippen molar-refractivity contribution in [2.24, 2.45) is 0 Å². The summed E-state index contributed by atoms with van der Waals surface area (Å²) in [5, 5.41) is 4.91. The summed E-state index contributed by atoms with van der Waals surface area (Å²) in [6, 6.07) is 0.0650. The van der Waals surface area contributed by atoms with Gasteiger partial charge in [-0.15, -0.1) is 0 Å². The van der Waals surface area contributed by atoms with Gasteiger partial charge in [0.25, 0.3) is 0 Å². The van der Waals surface area contributed by atoms with Crippen molar-refractivity contribution in [1.82, 2.24) is 10.6 Å². The standard InChI is InChI=1S/C5H8N2O2.2H2/c1-3-2-6-4(8)5(9)7-3;;/h3H,2H2,1H3,(H,6,8)(H,7,9);2*1H. The van der Waals surface area contributed by atoms with Gasteiger partial charge in [0, 0.05) is 15.4 Å². The monoisotopic (exact) mass is 132 g/mol. The summed E-state index contributed by atoms with van der Waals surface area (Å²) in [6.45, 7) is 2.36. The van der Waals surface area contributed by atoms with Gasteiger partial charge < -0.3 is 10.6 Å². The van der Waals surface area contributed by atoms with Crippen LogP contribution in [0.4, 0.5) is 0 Å². The highest BCUT2D eigenvalue weighted by Crippen LogP contribution is 1.85. The highest BCUT2D eigenvalue weighted by Gasteiger charge is 2.20. The normalized spacial score (nSPS) is 27.0. The first-order valence-electron chi connectivity index (χ1n) is 2.79. The molecule has 1 aliphatic heterocycles. The van der Waals surface area contributed by atoms with Crippen LogP contribution in [0.15, 0.2) is 0 Å². The molecule has 1 saturated heterocycles. The zero-order chi connectivity index (χ0) is 6.85. The Labute approximate surface area is 55.6 Å². The van der Waals surface area contributed by atoms with Gasteiger partial charge >= 0.3 is 11.8 Å². The van der Waals surface area contributed by atoms with Gasteiger partial charge in [-0.05, 0) is 6.92 Å². The molecule has 0 spiro atoms. The molecule has 0 aliphatic carbocycles. The maximum Gasteiger partial charge on any atom is 0.309 e. The molecule has 0 bridgehead atoms. The van der Waals surface area contributed by atoms with Crippen LogP contribution in [-0.2, 0) is 9.59 Å². The van der Waals surface area contributed by atoms with Crippen LogP contribution >= 0.6 is 0 Å². The molecule has 0 aromatic rings. The van der Waals surface area contributed by atoms with Crippen LogP contribution in [0.3, 0.4) is 0 Å². The second kappa shape index (κ2) is 2.05. The van der Waals surface area contributed by atoms with Crippen molar-refractivity contribution in [3.63, 3.8) is 0 Å². The molecule has 1 fully saturated rings. The fraction of sp³-hybridized carbons (Fsp3) is 0.600. The van der Waals surface area contributed by atoms with E-state index in [0.29, 0.717) is 6.54 Å². The molecular formula is C5H12N2O2. The predicted octanol–water partition coefficient (Wildman–Crippen LogP) is -0.887. The largest absolute Gasteiger partial charge is 0.346 e. The number of hydrogen-bond donors (Lipinski definition) is 2. The van der Waals surface area contributed by atoms with Crippen molar-refractivity contribution >= 4 is 11.8 Å². The number of nitrogens with one attached hydrogen (secondary N) is 2. The SMILES string of the molecule is CC1CNC(=O)C(=O)N1.[HH].[HH]. The molecular weight excluding hydrogens is 120 g/mol. The van der Waals surface area contributed by atoms with Crippen molar-refractivity contribution in [2.45, 2.75) is 13.0 Å². The Kier molecular flexibility index (Phi) is 1.38. The van der Waals surface area contributed by atoms with Crippen LogP contribution in [0.25, 0.3) is 0 Å². The molecule has 1 heterocycles. The van der Waals surface area contributed by atoms with E-state index in [9.17, 15) is 9.59 Å². The Morgan fingerprint density at radius 1 is 1.56 bits per heavy atom. The van der Waals surface area contributed by atoms with Gasteiger partial charge in [0.1, 0.15) is 0 Å². The molecule has 0 aromatic carbocycles. The highest BCUT2D eigenvalue weighted by molar-refractivity contribution is 6.35. The van der Waals surface area contributed by atoms with Crippen LogP contribution in [-0.4, -0.2) is 24.4 Å². The van der Waals surface area contributed by atoms with Crippen molar-refractivity contribution < 1.29 is 12.4 Å². The summed E-state index contributed by atoms with van der Waals surface area (Å²) in [5.74, 6) is -1.07. The van der Waals surface area contributed by atoms with E-state index in [2.05, 4.69) is 10.6 Å². The van der Waals surface area contributed by atoms with Gasteiger partial charge in [0.05, 0.1) is 0 Å². The molecule has 1 aliphatic rings. The van der Waals surface area contributed by atoms with Crippen molar-refractivity contribution in [3.8, 4) is 0 Å². The van der Waals surface area contributed by atoms with Gasteiger partial charge in [-0.3, -0.25) is 9.59 Å². The molecule has 1 unspecified atom stereocenters. The quantitative estimate of drug-likeness (QED) is 0.420. The number of rotatable bonds is 0. The lowest BCUT2D eigenvalue weighted by Gasteiger charge is -2.18. The third-order valence-corrected chi connectivity index (χ3v) is 1.15. The third-order valence-electron chi connectivity index (χ3n) is 1.15. The molecule has 0 radical (unpaired) electrons. The number of hydrogen-bond acceptors (Lipinski definition) is 2. The first-order chi connectivity index (χ1) is 4.20. The minimum atomic E-state index is -0.534. The topological polar surface area (TPSA) is 58.2 Å². The molecule has 2 amide bonds. The molecule has 54 valence electrons. The van der Waals surface area contributed by atoms with Crippen LogP contribution in [0.1, 0.15) is 9.78 Å². The van der Waals surface area contributed by atoms with E-state index in [1.165, 1.54) is 0 Å². The summed E-state index contributed by atoms with van der Waals surface area (Å²) >= 11 is 0. The van der Waals surface area contributed by atoms with E-state index in [1.807, 2.05) is 6.92 Å². The number of piperazine rings is 1. The smallest absolute Gasteiger partial charge is 0.309 e. The Hall–Kier alpha value is -1.06. The van der Waals surface area contributed by atoms with Crippen LogP contribution in [0.5, 0.6) is 0 Å². The van der Waals surface area contributed by atoms with Gasteiger partial charge in [-0.1, -0.05) is 0 Å². The average molecular weight is 132 g/mol. The van der Waals surface area contributed by atoms with E-state index in [4.69, 9.17) is 0 Å². The van der Waals surface area contributed by atoms with Crippen molar-refractivity contribution in [2.75, 3.05) is 6.54 Å². The lowest BCUT2D eigenvalue weighted by molar-refractivity contribution is -0.141. The van der Waals surface area contributed by atoms with E-state index < -0.39 is 11.8 Å². The van der Waals surface area contributed by atoms with E-state index in [0.717, 1.165) is 0 Å². The van der Waals surface area contributed by atoms with Crippen molar-refractivity contribution in [1.29, 1.82) is 0 Å². The number of carbonyl (C=O) groups is 2. The lowest BCUT2D eigenvalue weighted by Crippen LogP contribution is -2.54. The lowest BCUT2D eigenvalue weighted by atomic mass is 10.3. The van der Waals surface area contributed by atoms with Gasteiger partial charge in [-0.2, -0.15) is 0 Å². The van der Waals surface area contributed by atoms with E-state index >= 15 is 0 Å². The fourth-order valence-corrected chi connectivity index (χ4v) is 0.666.